The average Bonchev–Trinajstić information content (AvgIpc) is 2.95. The first-order valence-corrected chi connectivity index (χ1v) is 7.38. The molecule has 2 aliphatic rings. The van der Waals surface area contributed by atoms with Crippen LogP contribution >= 0.6 is 0 Å². The molecule has 2 amide bonds. The number of amides is 2. The number of nitrogens with zero attached hydrogens (tertiary/aromatic N) is 3. The summed E-state index contributed by atoms with van der Waals surface area (Å²) >= 11 is 0. The van der Waals surface area contributed by atoms with Gasteiger partial charge in [-0.3, -0.25) is 9.69 Å². The number of oxime groups is 1. The maximum atomic E-state index is 12.0. The third kappa shape index (κ3) is 3.53. The van der Waals surface area contributed by atoms with Gasteiger partial charge in [0.05, 0.1) is 19.6 Å². The Bertz CT molecular complexity index is 616. The molecule has 0 spiro atoms. The van der Waals surface area contributed by atoms with E-state index >= 15 is 0 Å². The van der Waals surface area contributed by atoms with Gasteiger partial charge in [0, 0.05) is 18.3 Å². The number of hydrogen-bond acceptors (Lipinski definition) is 6. The van der Waals surface area contributed by atoms with E-state index in [1.165, 1.54) is 6.92 Å². The quantitative estimate of drug-likeness (QED) is 0.893. The summed E-state index contributed by atoms with van der Waals surface area (Å²) < 4.78 is 5.25. The van der Waals surface area contributed by atoms with Gasteiger partial charge in [0.1, 0.15) is 19.0 Å². The monoisotopic (exact) mass is 318 g/mol. The minimum absolute atomic E-state index is 0.143. The maximum absolute atomic E-state index is 12.0. The van der Waals surface area contributed by atoms with Crippen LogP contribution in [-0.2, 0) is 14.4 Å². The van der Waals surface area contributed by atoms with Gasteiger partial charge in [-0.25, -0.2) is 4.79 Å². The standard InChI is InChI=1S/C15H18N4O4/c1-11(20)16-8-14-9-19(15(21)23-14)13-4-2-12(3-5-13)18-6-7-22-17-10-18/h2-5,10,14H,6-9H2,1H3,(H,16,20). The third-order valence-electron chi connectivity index (χ3n) is 3.63. The minimum Gasteiger partial charge on any atom is -0.442 e. The summed E-state index contributed by atoms with van der Waals surface area (Å²) in [6.45, 7) is 3.44. The van der Waals surface area contributed by atoms with E-state index in [1.54, 1.807) is 11.2 Å². The first-order chi connectivity index (χ1) is 11.1. The van der Waals surface area contributed by atoms with Gasteiger partial charge in [0.25, 0.3) is 0 Å². The van der Waals surface area contributed by atoms with Crippen molar-refractivity contribution in [1.29, 1.82) is 0 Å². The van der Waals surface area contributed by atoms with Gasteiger partial charge in [-0.2, -0.15) is 0 Å². The zero-order chi connectivity index (χ0) is 16.2. The molecule has 2 aliphatic heterocycles. The molecule has 0 aromatic heterocycles. The number of rotatable bonds is 4. The fourth-order valence-electron chi connectivity index (χ4n) is 2.46. The zero-order valence-electron chi connectivity index (χ0n) is 12.8. The van der Waals surface area contributed by atoms with E-state index in [2.05, 4.69) is 10.5 Å². The van der Waals surface area contributed by atoms with Crippen LogP contribution in [0.15, 0.2) is 29.4 Å². The largest absolute Gasteiger partial charge is 0.442 e. The summed E-state index contributed by atoms with van der Waals surface area (Å²) in [5.41, 5.74) is 1.73. The second-order valence-electron chi connectivity index (χ2n) is 5.32. The Hall–Kier alpha value is -2.77. The Labute approximate surface area is 133 Å². The van der Waals surface area contributed by atoms with Crippen molar-refractivity contribution in [3.05, 3.63) is 24.3 Å². The van der Waals surface area contributed by atoms with Crippen molar-refractivity contribution in [2.24, 2.45) is 5.16 Å². The molecule has 0 saturated carbocycles. The Kier molecular flexibility index (Phi) is 4.31. The van der Waals surface area contributed by atoms with E-state index in [-0.39, 0.29) is 12.0 Å². The number of anilines is 2. The maximum Gasteiger partial charge on any atom is 0.414 e. The number of cyclic esters (lactones) is 1. The molecule has 1 aromatic carbocycles. The lowest BCUT2D eigenvalue weighted by atomic mass is 10.2. The number of carbonyl (C=O) groups excluding carboxylic acids is 2. The molecule has 1 atom stereocenters. The highest BCUT2D eigenvalue weighted by atomic mass is 16.6. The fourth-order valence-corrected chi connectivity index (χ4v) is 2.46. The lowest BCUT2D eigenvalue weighted by molar-refractivity contribution is -0.119. The van der Waals surface area contributed by atoms with Crippen LogP contribution < -0.4 is 15.1 Å². The van der Waals surface area contributed by atoms with E-state index in [4.69, 9.17) is 9.57 Å². The van der Waals surface area contributed by atoms with Crippen molar-refractivity contribution < 1.29 is 19.2 Å². The van der Waals surface area contributed by atoms with Crippen LogP contribution in [0, 0.1) is 0 Å². The zero-order valence-corrected chi connectivity index (χ0v) is 12.8. The first-order valence-electron chi connectivity index (χ1n) is 7.38. The molecule has 8 nitrogen and oxygen atoms in total. The Balaban J connectivity index is 1.65. The predicted octanol–water partition coefficient (Wildman–Crippen LogP) is 0.928. The Morgan fingerprint density at radius 3 is 2.74 bits per heavy atom. The van der Waals surface area contributed by atoms with Gasteiger partial charge in [-0.05, 0) is 24.3 Å². The second-order valence-corrected chi connectivity index (χ2v) is 5.32. The number of ether oxygens (including phenoxy) is 1. The van der Waals surface area contributed by atoms with Crippen molar-refractivity contribution >= 4 is 29.7 Å². The van der Waals surface area contributed by atoms with Crippen LogP contribution in [0.1, 0.15) is 6.92 Å². The number of benzene rings is 1. The van der Waals surface area contributed by atoms with Crippen LogP contribution in [0.5, 0.6) is 0 Å². The van der Waals surface area contributed by atoms with E-state index in [1.807, 2.05) is 29.2 Å². The molecule has 1 fully saturated rings. The molecule has 1 saturated heterocycles. The molecule has 1 aromatic rings. The molecule has 1 N–H and O–H groups in total. The van der Waals surface area contributed by atoms with Gasteiger partial charge in [0.2, 0.25) is 5.91 Å². The molecule has 8 heteroatoms. The normalized spacial score (nSPS) is 20.2. The van der Waals surface area contributed by atoms with Crippen molar-refractivity contribution in [2.45, 2.75) is 13.0 Å². The summed E-state index contributed by atoms with van der Waals surface area (Å²) in [4.78, 5) is 31.3. The molecule has 1 unspecified atom stereocenters. The topological polar surface area (TPSA) is 83.5 Å². The molecular formula is C15H18N4O4. The number of nitrogens with one attached hydrogen (secondary N) is 1. The lowest BCUT2D eigenvalue weighted by Gasteiger charge is -2.22. The van der Waals surface area contributed by atoms with Gasteiger partial charge >= 0.3 is 6.09 Å². The lowest BCUT2D eigenvalue weighted by Crippen LogP contribution is -2.33. The van der Waals surface area contributed by atoms with Crippen LogP contribution in [0.2, 0.25) is 0 Å². The van der Waals surface area contributed by atoms with Crippen molar-refractivity contribution in [3.63, 3.8) is 0 Å². The van der Waals surface area contributed by atoms with Crippen LogP contribution in [0.3, 0.4) is 0 Å². The minimum atomic E-state index is -0.402. The van der Waals surface area contributed by atoms with Crippen molar-refractivity contribution in [2.75, 3.05) is 36.0 Å². The van der Waals surface area contributed by atoms with E-state index in [0.717, 1.165) is 17.9 Å². The summed E-state index contributed by atoms with van der Waals surface area (Å²) in [7, 11) is 0. The molecular weight excluding hydrogens is 300 g/mol. The molecule has 2 heterocycles. The molecule has 122 valence electrons. The van der Waals surface area contributed by atoms with Gasteiger partial charge in [-0.1, -0.05) is 5.16 Å². The van der Waals surface area contributed by atoms with E-state index in [0.29, 0.717) is 19.7 Å². The first kappa shape index (κ1) is 15.1. The van der Waals surface area contributed by atoms with Crippen LogP contribution in [0.25, 0.3) is 0 Å². The highest BCUT2D eigenvalue weighted by Crippen LogP contribution is 2.24. The molecule has 0 aliphatic carbocycles. The molecule has 0 radical (unpaired) electrons. The fraction of sp³-hybridized carbons (Fsp3) is 0.400. The van der Waals surface area contributed by atoms with Gasteiger partial charge < -0.3 is 19.8 Å². The SMILES string of the molecule is CC(=O)NCC1CN(c2ccc(N3C=NOCC3)cc2)C(=O)O1. The Morgan fingerprint density at radius 1 is 1.35 bits per heavy atom. The summed E-state index contributed by atoms with van der Waals surface area (Å²) in [6, 6.07) is 7.56. The summed E-state index contributed by atoms with van der Waals surface area (Å²) in [6.07, 6.45) is 0.894. The molecule has 3 rings (SSSR count). The van der Waals surface area contributed by atoms with Gasteiger partial charge in [0.15, 0.2) is 0 Å². The van der Waals surface area contributed by atoms with E-state index < -0.39 is 6.09 Å². The van der Waals surface area contributed by atoms with Crippen LogP contribution in [-0.4, -0.2) is 50.7 Å². The number of carbonyl (C=O) groups is 2. The van der Waals surface area contributed by atoms with E-state index in [9.17, 15) is 9.59 Å². The van der Waals surface area contributed by atoms with Crippen molar-refractivity contribution in [1.82, 2.24) is 5.32 Å². The summed E-state index contributed by atoms with van der Waals surface area (Å²) in [5, 5.41) is 6.43. The number of hydrogen-bond donors (Lipinski definition) is 1. The average molecular weight is 318 g/mol. The summed E-state index contributed by atoms with van der Waals surface area (Å²) in [5.74, 6) is -0.143. The van der Waals surface area contributed by atoms with Gasteiger partial charge in [-0.15, -0.1) is 0 Å². The molecule has 0 bridgehead atoms. The smallest absolute Gasteiger partial charge is 0.414 e. The van der Waals surface area contributed by atoms with Crippen molar-refractivity contribution in [3.8, 4) is 0 Å². The highest BCUT2D eigenvalue weighted by molar-refractivity contribution is 5.90. The second kappa shape index (κ2) is 6.55. The highest BCUT2D eigenvalue weighted by Gasteiger charge is 2.32. The Morgan fingerprint density at radius 2 is 2.09 bits per heavy atom. The molecule has 23 heavy (non-hydrogen) atoms. The predicted molar refractivity (Wildman–Crippen MR) is 84.5 cm³/mol. The third-order valence-corrected chi connectivity index (χ3v) is 3.63. The van der Waals surface area contributed by atoms with Crippen LogP contribution in [0.4, 0.5) is 16.2 Å².